The molecule has 0 saturated heterocycles. The van der Waals surface area contributed by atoms with Gasteiger partial charge in [0, 0.05) is 32.7 Å². The lowest BCUT2D eigenvalue weighted by atomic mass is 9.82. The van der Waals surface area contributed by atoms with E-state index in [9.17, 15) is 9.90 Å². The van der Waals surface area contributed by atoms with Gasteiger partial charge in [0.2, 0.25) is 5.91 Å². The Morgan fingerprint density at radius 1 is 1.05 bits per heavy atom. The number of hydrogen-bond donors (Lipinski definition) is 3. The van der Waals surface area contributed by atoms with Crippen LogP contribution in [0.3, 0.4) is 0 Å². The van der Waals surface area contributed by atoms with Crippen molar-refractivity contribution in [3.63, 3.8) is 0 Å². The van der Waals surface area contributed by atoms with Crippen LogP contribution < -0.4 is 20.5 Å². The molecule has 2 aromatic carbocycles. The van der Waals surface area contributed by atoms with Crippen molar-refractivity contribution in [2.45, 2.75) is 64.5 Å². The van der Waals surface area contributed by atoms with Gasteiger partial charge >= 0.3 is 0 Å². The first-order valence-electron chi connectivity index (χ1n) is 13.2. The second-order valence-corrected chi connectivity index (χ2v) is 10.6. The molecule has 0 aliphatic carbocycles. The number of carbonyl (C=O) groups is 1. The molecule has 0 saturated carbocycles. The van der Waals surface area contributed by atoms with Gasteiger partial charge in [0.15, 0.2) is 11.5 Å². The normalized spacial score (nSPS) is 14.2. The lowest BCUT2D eigenvalue weighted by molar-refractivity contribution is -0.126. The average molecular weight is 515 g/mol. The van der Waals surface area contributed by atoms with Crippen molar-refractivity contribution in [3.8, 4) is 11.5 Å². The summed E-state index contributed by atoms with van der Waals surface area (Å²) >= 11 is 0. The SMILES string of the molecule is COCCCOc1cc(C[C@@H](C[C@H](N)[C@@H](O)CNC(=O)C(C)(C)c2ccccc2)C(C)C)ccc1OC. The summed E-state index contributed by atoms with van der Waals surface area (Å²) in [6, 6.07) is 15.2. The van der Waals surface area contributed by atoms with E-state index in [0.717, 1.165) is 24.0 Å². The lowest BCUT2D eigenvalue weighted by Crippen LogP contribution is -2.48. The highest BCUT2D eigenvalue weighted by Gasteiger charge is 2.30. The first kappa shape index (κ1) is 30.6. The van der Waals surface area contributed by atoms with Crippen molar-refractivity contribution in [3.05, 3.63) is 59.7 Å². The Hall–Kier alpha value is -2.61. The van der Waals surface area contributed by atoms with E-state index in [1.54, 1.807) is 14.2 Å². The first-order valence-corrected chi connectivity index (χ1v) is 13.2. The predicted molar refractivity (Wildman–Crippen MR) is 148 cm³/mol. The maximum atomic E-state index is 12.9. The van der Waals surface area contributed by atoms with E-state index in [1.165, 1.54) is 0 Å². The van der Waals surface area contributed by atoms with Crippen molar-refractivity contribution < 1.29 is 24.1 Å². The maximum absolute atomic E-state index is 12.9. The van der Waals surface area contributed by atoms with E-state index in [1.807, 2.05) is 62.4 Å². The topological polar surface area (TPSA) is 103 Å². The maximum Gasteiger partial charge on any atom is 0.230 e. The quantitative estimate of drug-likeness (QED) is 0.292. The number of nitrogens with one attached hydrogen (secondary N) is 1. The number of aliphatic hydroxyl groups is 1. The summed E-state index contributed by atoms with van der Waals surface area (Å²) in [5.41, 5.74) is 7.77. The van der Waals surface area contributed by atoms with E-state index in [0.29, 0.717) is 37.1 Å². The van der Waals surface area contributed by atoms with E-state index in [-0.39, 0.29) is 18.4 Å². The van der Waals surface area contributed by atoms with Crippen molar-refractivity contribution in [1.82, 2.24) is 5.32 Å². The molecule has 0 aromatic heterocycles. The Bertz CT molecular complexity index is 948. The molecular weight excluding hydrogens is 468 g/mol. The molecule has 7 nitrogen and oxygen atoms in total. The zero-order valence-corrected chi connectivity index (χ0v) is 23.3. The van der Waals surface area contributed by atoms with E-state index < -0.39 is 17.6 Å². The molecule has 0 fully saturated rings. The second-order valence-electron chi connectivity index (χ2n) is 10.6. The first-order chi connectivity index (χ1) is 17.6. The predicted octanol–water partition coefficient (Wildman–Crippen LogP) is 4.10. The van der Waals surface area contributed by atoms with Crippen LogP contribution in [0, 0.1) is 11.8 Å². The highest BCUT2D eigenvalue weighted by molar-refractivity contribution is 5.87. The molecule has 1 amide bonds. The number of aliphatic hydroxyl groups excluding tert-OH is 1. The molecule has 206 valence electrons. The molecule has 4 N–H and O–H groups in total. The van der Waals surface area contributed by atoms with Crippen LogP contribution in [-0.2, 0) is 21.4 Å². The van der Waals surface area contributed by atoms with Gasteiger partial charge in [-0.05, 0) is 61.8 Å². The fourth-order valence-electron chi connectivity index (χ4n) is 4.30. The monoisotopic (exact) mass is 514 g/mol. The van der Waals surface area contributed by atoms with Crippen molar-refractivity contribution in [1.29, 1.82) is 0 Å². The Morgan fingerprint density at radius 2 is 1.76 bits per heavy atom. The molecule has 0 spiro atoms. The number of methoxy groups -OCH3 is 2. The van der Waals surface area contributed by atoms with Crippen LogP contribution in [0.2, 0.25) is 0 Å². The molecule has 7 heteroatoms. The molecule has 2 aromatic rings. The molecular formula is C30H46N2O5. The van der Waals surface area contributed by atoms with Crippen LogP contribution in [0.15, 0.2) is 48.5 Å². The zero-order valence-electron chi connectivity index (χ0n) is 23.3. The summed E-state index contributed by atoms with van der Waals surface area (Å²) in [5, 5.41) is 13.7. The number of benzene rings is 2. The standard InChI is InChI=1S/C30H46N2O5/c1-21(2)23(17-22-13-14-27(36-6)28(18-22)37-16-10-15-35-5)19-25(31)26(33)20-32-29(34)30(3,4)24-11-8-7-9-12-24/h7-9,11-14,18,21,23,25-26,33H,10,15-17,19-20,31H2,1-6H3,(H,32,34)/t23-,25-,26-/m0/s1. The number of ether oxygens (including phenoxy) is 3. The number of rotatable bonds is 16. The Morgan fingerprint density at radius 3 is 2.38 bits per heavy atom. The minimum atomic E-state index is -0.840. The van der Waals surface area contributed by atoms with Gasteiger partial charge in [-0.25, -0.2) is 0 Å². The summed E-state index contributed by atoms with van der Waals surface area (Å²) in [6.07, 6.45) is 1.38. The third kappa shape index (κ3) is 9.33. The Labute approximate surface area is 222 Å². The molecule has 0 unspecified atom stereocenters. The molecule has 0 radical (unpaired) electrons. The van der Waals surface area contributed by atoms with E-state index in [4.69, 9.17) is 19.9 Å². The van der Waals surface area contributed by atoms with Crippen molar-refractivity contribution >= 4 is 5.91 Å². The summed E-state index contributed by atoms with van der Waals surface area (Å²) in [6.45, 7) is 9.39. The lowest BCUT2D eigenvalue weighted by Gasteiger charge is -2.29. The zero-order chi connectivity index (χ0) is 27.4. The largest absolute Gasteiger partial charge is 0.493 e. The fraction of sp³-hybridized carbons (Fsp3) is 0.567. The highest BCUT2D eigenvalue weighted by Crippen LogP contribution is 2.31. The Balaban J connectivity index is 1.97. The van der Waals surface area contributed by atoms with E-state index >= 15 is 0 Å². The number of carbonyl (C=O) groups excluding carboxylic acids is 1. The van der Waals surface area contributed by atoms with Crippen LogP contribution in [0.5, 0.6) is 11.5 Å². The van der Waals surface area contributed by atoms with Crippen LogP contribution in [0.25, 0.3) is 0 Å². The fourth-order valence-corrected chi connectivity index (χ4v) is 4.30. The molecule has 2 rings (SSSR count). The smallest absolute Gasteiger partial charge is 0.230 e. The van der Waals surface area contributed by atoms with Crippen molar-refractivity contribution in [2.75, 3.05) is 34.0 Å². The van der Waals surface area contributed by atoms with Crippen LogP contribution >= 0.6 is 0 Å². The highest BCUT2D eigenvalue weighted by atomic mass is 16.5. The average Bonchev–Trinajstić information content (AvgIpc) is 2.89. The summed E-state index contributed by atoms with van der Waals surface area (Å²) in [5.74, 6) is 1.88. The Kier molecular flexibility index (Phi) is 12.4. The second kappa shape index (κ2) is 15.0. The van der Waals surface area contributed by atoms with Gasteiger partial charge in [0.25, 0.3) is 0 Å². The molecule has 0 aliphatic rings. The molecule has 0 heterocycles. The van der Waals surface area contributed by atoms with Gasteiger partial charge in [-0.1, -0.05) is 50.2 Å². The molecule has 37 heavy (non-hydrogen) atoms. The summed E-state index contributed by atoms with van der Waals surface area (Å²) in [4.78, 5) is 12.9. The van der Waals surface area contributed by atoms with Crippen LogP contribution in [0.1, 0.15) is 51.7 Å². The van der Waals surface area contributed by atoms with Gasteiger partial charge in [-0.3, -0.25) is 4.79 Å². The minimum absolute atomic E-state index is 0.114. The number of amides is 1. The van der Waals surface area contributed by atoms with E-state index in [2.05, 4.69) is 19.2 Å². The summed E-state index contributed by atoms with van der Waals surface area (Å²) in [7, 11) is 3.31. The van der Waals surface area contributed by atoms with Crippen LogP contribution in [-0.4, -0.2) is 57.1 Å². The third-order valence-electron chi connectivity index (χ3n) is 7.02. The number of nitrogens with two attached hydrogens (primary N) is 1. The van der Waals surface area contributed by atoms with Gasteiger partial charge < -0.3 is 30.4 Å². The molecule has 3 atom stereocenters. The third-order valence-corrected chi connectivity index (χ3v) is 7.02. The minimum Gasteiger partial charge on any atom is -0.493 e. The van der Waals surface area contributed by atoms with Crippen molar-refractivity contribution in [2.24, 2.45) is 17.6 Å². The van der Waals surface area contributed by atoms with Gasteiger partial charge in [0.05, 0.1) is 25.2 Å². The van der Waals surface area contributed by atoms with Gasteiger partial charge in [-0.2, -0.15) is 0 Å². The van der Waals surface area contributed by atoms with Gasteiger partial charge in [-0.15, -0.1) is 0 Å². The number of hydrogen-bond acceptors (Lipinski definition) is 6. The summed E-state index contributed by atoms with van der Waals surface area (Å²) < 4.78 is 16.5. The van der Waals surface area contributed by atoms with Crippen LogP contribution in [0.4, 0.5) is 0 Å². The molecule has 0 bridgehead atoms. The van der Waals surface area contributed by atoms with Gasteiger partial charge in [0.1, 0.15) is 0 Å². The molecule has 0 aliphatic heterocycles.